The molecule has 0 aliphatic carbocycles. The SMILES string of the molecule is CCCCNC(=O)N(Cc1ccc(OS(=O)(=O)c2cccc(C(F)(F)F)c2)cc1)C(C)C. The van der Waals surface area contributed by atoms with Gasteiger partial charge in [0.2, 0.25) is 0 Å². The number of nitrogens with one attached hydrogen (secondary N) is 1. The van der Waals surface area contributed by atoms with Gasteiger partial charge in [-0.15, -0.1) is 0 Å². The Hall–Kier alpha value is -2.75. The molecule has 0 spiro atoms. The molecule has 2 aromatic rings. The summed E-state index contributed by atoms with van der Waals surface area (Å²) >= 11 is 0. The number of rotatable bonds is 9. The summed E-state index contributed by atoms with van der Waals surface area (Å²) in [6.07, 6.45) is -2.82. The number of nitrogens with zero attached hydrogens (tertiary/aromatic N) is 1. The number of carbonyl (C=O) groups is 1. The van der Waals surface area contributed by atoms with E-state index in [9.17, 15) is 26.4 Å². The molecule has 0 aliphatic heterocycles. The van der Waals surface area contributed by atoms with Gasteiger partial charge in [0.1, 0.15) is 10.6 Å². The van der Waals surface area contributed by atoms with Crippen molar-refractivity contribution in [3.63, 3.8) is 0 Å². The maximum atomic E-state index is 12.9. The Balaban J connectivity index is 2.11. The number of hydrogen-bond donors (Lipinski definition) is 1. The molecule has 0 saturated heterocycles. The van der Waals surface area contributed by atoms with E-state index in [-0.39, 0.29) is 17.8 Å². The van der Waals surface area contributed by atoms with Crippen molar-refractivity contribution in [2.45, 2.75) is 57.3 Å². The molecule has 0 saturated carbocycles. The van der Waals surface area contributed by atoms with Crippen LogP contribution >= 0.6 is 0 Å². The summed E-state index contributed by atoms with van der Waals surface area (Å²) in [5.41, 5.74) is -0.336. The summed E-state index contributed by atoms with van der Waals surface area (Å²) in [7, 11) is -4.45. The lowest BCUT2D eigenvalue weighted by molar-refractivity contribution is -0.137. The first-order chi connectivity index (χ1) is 14.9. The van der Waals surface area contributed by atoms with Gasteiger partial charge in [0.05, 0.1) is 5.56 Å². The van der Waals surface area contributed by atoms with Crippen LogP contribution in [0, 0.1) is 0 Å². The van der Waals surface area contributed by atoms with E-state index < -0.39 is 26.8 Å². The molecule has 0 bridgehead atoms. The molecule has 6 nitrogen and oxygen atoms in total. The van der Waals surface area contributed by atoms with Crippen LogP contribution < -0.4 is 9.50 Å². The number of alkyl halides is 3. The van der Waals surface area contributed by atoms with Crippen molar-refractivity contribution in [3.05, 3.63) is 59.7 Å². The Kier molecular flexibility index (Phi) is 8.54. The molecule has 0 aliphatic rings. The van der Waals surface area contributed by atoms with E-state index in [1.807, 2.05) is 20.8 Å². The van der Waals surface area contributed by atoms with Gasteiger partial charge < -0.3 is 14.4 Å². The molecule has 10 heteroatoms. The Labute approximate surface area is 186 Å². The largest absolute Gasteiger partial charge is 0.416 e. The normalized spacial score (nSPS) is 12.0. The minimum Gasteiger partial charge on any atom is -0.379 e. The Bertz CT molecular complexity index is 1010. The third-order valence-corrected chi connectivity index (χ3v) is 5.87. The fourth-order valence-corrected chi connectivity index (χ4v) is 3.79. The minimum absolute atomic E-state index is 0.0466. The van der Waals surface area contributed by atoms with Crippen LogP contribution in [0.1, 0.15) is 44.7 Å². The predicted molar refractivity (Wildman–Crippen MR) is 115 cm³/mol. The monoisotopic (exact) mass is 472 g/mol. The molecule has 0 aromatic heterocycles. The van der Waals surface area contributed by atoms with Gasteiger partial charge in [-0.25, -0.2) is 4.79 Å². The van der Waals surface area contributed by atoms with E-state index in [1.165, 1.54) is 12.1 Å². The van der Waals surface area contributed by atoms with E-state index in [1.54, 1.807) is 17.0 Å². The number of urea groups is 1. The molecule has 2 amide bonds. The molecule has 0 atom stereocenters. The molecule has 0 unspecified atom stereocenters. The molecule has 0 fully saturated rings. The first-order valence-corrected chi connectivity index (χ1v) is 11.6. The lowest BCUT2D eigenvalue weighted by Gasteiger charge is -2.27. The van der Waals surface area contributed by atoms with E-state index in [0.29, 0.717) is 19.2 Å². The molecule has 2 aromatic carbocycles. The van der Waals surface area contributed by atoms with Crippen LogP contribution in [0.4, 0.5) is 18.0 Å². The highest BCUT2D eigenvalue weighted by atomic mass is 32.2. The van der Waals surface area contributed by atoms with E-state index in [2.05, 4.69) is 5.32 Å². The lowest BCUT2D eigenvalue weighted by Crippen LogP contribution is -2.43. The second-order valence-electron chi connectivity index (χ2n) is 7.51. The van der Waals surface area contributed by atoms with Gasteiger partial charge >= 0.3 is 22.3 Å². The molecule has 32 heavy (non-hydrogen) atoms. The average Bonchev–Trinajstić information content (AvgIpc) is 2.72. The zero-order valence-corrected chi connectivity index (χ0v) is 19.0. The second kappa shape index (κ2) is 10.7. The van der Waals surface area contributed by atoms with Crippen LogP contribution in [0.15, 0.2) is 53.4 Å². The first kappa shape index (κ1) is 25.5. The third kappa shape index (κ3) is 7.15. The zero-order valence-electron chi connectivity index (χ0n) is 18.1. The zero-order chi connectivity index (χ0) is 23.9. The molecular weight excluding hydrogens is 445 g/mol. The highest BCUT2D eigenvalue weighted by molar-refractivity contribution is 7.87. The number of amides is 2. The number of hydrogen-bond acceptors (Lipinski definition) is 4. The molecule has 2 rings (SSSR count). The molecule has 0 radical (unpaired) electrons. The van der Waals surface area contributed by atoms with Gasteiger partial charge in [-0.1, -0.05) is 31.5 Å². The summed E-state index contributed by atoms with van der Waals surface area (Å²) in [4.78, 5) is 13.5. The Morgan fingerprint density at radius 2 is 1.78 bits per heavy atom. The minimum atomic E-state index is -4.67. The van der Waals surface area contributed by atoms with Crippen LogP contribution in [-0.4, -0.2) is 31.9 Å². The van der Waals surface area contributed by atoms with Crippen molar-refractivity contribution in [1.29, 1.82) is 0 Å². The van der Waals surface area contributed by atoms with Gasteiger partial charge in [-0.2, -0.15) is 21.6 Å². The first-order valence-electron chi connectivity index (χ1n) is 10.2. The maximum absolute atomic E-state index is 12.9. The van der Waals surface area contributed by atoms with Crippen LogP contribution in [0.2, 0.25) is 0 Å². The predicted octanol–water partition coefficient (Wildman–Crippen LogP) is 5.19. The standard InChI is InChI=1S/C22H27F3N2O4S/c1-4-5-13-26-21(28)27(16(2)3)15-17-9-11-19(12-10-17)31-32(29,30)20-8-6-7-18(14-20)22(23,24)25/h6-12,14,16H,4-5,13,15H2,1-3H3,(H,26,28). The van der Waals surface area contributed by atoms with Gasteiger partial charge in [-0.3, -0.25) is 0 Å². The van der Waals surface area contributed by atoms with Crippen LogP contribution in [0.25, 0.3) is 0 Å². The van der Waals surface area contributed by atoms with Crippen molar-refractivity contribution < 1.29 is 30.6 Å². The van der Waals surface area contributed by atoms with Crippen molar-refractivity contribution in [1.82, 2.24) is 10.2 Å². The van der Waals surface area contributed by atoms with Crippen molar-refractivity contribution in [3.8, 4) is 5.75 Å². The Morgan fingerprint density at radius 1 is 1.12 bits per heavy atom. The summed E-state index contributed by atoms with van der Waals surface area (Å²) in [5.74, 6) is -0.0466. The molecule has 1 N–H and O–H groups in total. The fourth-order valence-electron chi connectivity index (χ4n) is 2.81. The van der Waals surface area contributed by atoms with Crippen molar-refractivity contribution in [2.24, 2.45) is 0 Å². The van der Waals surface area contributed by atoms with Gasteiger partial charge in [0.15, 0.2) is 0 Å². The number of carbonyl (C=O) groups excluding carboxylic acids is 1. The summed E-state index contributed by atoms with van der Waals surface area (Å²) in [6.45, 7) is 6.69. The fraction of sp³-hybridized carbons (Fsp3) is 0.409. The van der Waals surface area contributed by atoms with Crippen molar-refractivity contribution >= 4 is 16.1 Å². The van der Waals surface area contributed by atoms with Gasteiger partial charge in [0.25, 0.3) is 0 Å². The molecular formula is C22H27F3N2O4S. The summed E-state index contributed by atoms with van der Waals surface area (Å²) in [6, 6.07) is 9.10. The van der Waals surface area contributed by atoms with E-state index in [0.717, 1.165) is 36.6 Å². The quantitative estimate of drug-likeness (QED) is 0.402. The van der Waals surface area contributed by atoms with Crippen LogP contribution in [0.5, 0.6) is 5.75 Å². The maximum Gasteiger partial charge on any atom is 0.416 e. The van der Waals surface area contributed by atoms with E-state index in [4.69, 9.17) is 4.18 Å². The Morgan fingerprint density at radius 3 is 2.34 bits per heavy atom. The number of benzene rings is 2. The second-order valence-corrected chi connectivity index (χ2v) is 9.06. The molecule has 0 heterocycles. The van der Waals surface area contributed by atoms with Crippen LogP contribution in [0.3, 0.4) is 0 Å². The number of halogens is 3. The van der Waals surface area contributed by atoms with Crippen LogP contribution in [-0.2, 0) is 22.8 Å². The topological polar surface area (TPSA) is 75.7 Å². The highest BCUT2D eigenvalue weighted by Crippen LogP contribution is 2.31. The molecule has 176 valence electrons. The van der Waals surface area contributed by atoms with Crippen molar-refractivity contribution in [2.75, 3.05) is 6.54 Å². The summed E-state index contributed by atoms with van der Waals surface area (Å²) < 4.78 is 68.4. The average molecular weight is 473 g/mol. The number of unbranched alkanes of at least 4 members (excludes halogenated alkanes) is 1. The smallest absolute Gasteiger partial charge is 0.379 e. The van der Waals surface area contributed by atoms with Gasteiger partial charge in [-0.05, 0) is 56.2 Å². The highest BCUT2D eigenvalue weighted by Gasteiger charge is 2.32. The van der Waals surface area contributed by atoms with E-state index >= 15 is 0 Å². The van der Waals surface area contributed by atoms with Gasteiger partial charge in [0, 0.05) is 19.1 Å². The lowest BCUT2D eigenvalue weighted by atomic mass is 10.2. The third-order valence-electron chi connectivity index (χ3n) is 4.62. The summed E-state index contributed by atoms with van der Waals surface area (Å²) in [5, 5.41) is 2.86.